The topological polar surface area (TPSA) is 181 Å². The minimum Gasteiger partial charge on any atom is -0.495 e. The maximum atomic E-state index is 12.8. The Hall–Kier alpha value is -3.26. The van der Waals surface area contributed by atoms with Gasteiger partial charge < -0.3 is 30.7 Å². The Morgan fingerprint density at radius 1 is 1.43 bits per heavy atom. The number of methoxy groups -OCH3 is 1. The van der Waals surface area contributed by atoms with Crippen LogP contribution in [0.15, 0.2) is 23.1 Å². The molecule has 1 fully saturated rings. The average molecular weight is 456 g/mol. The molecule has 160 valence electrons. The Bertz CT molecular complexity index is 972. The summed E-state index contributed by atoms with van der Waals surface area (Å²) in [4.78, 5) is 52.3. The van der Waals surface area contributed by atoms with Gasteiger partial charge in [0.15, 0.2) is 10.9 Å². The molecular weight excluding hydrogens is 440 g/mol. The van der Waals surface area contributed by atoms with Crippen LogP contribution in [0.4, 0.5) is 9.93 Å². The predicted molar refractivity (Wildman–Crippen MR) is 105 cm³/mol. The maximum Gasteiger partial charge on any atom is 0.512 e. The minimum atomic E-state index is -1.61. The molecule has 14 heteroatoms. The van der Waals surface area contributed by atoms with E-state index in [0.717, 1.165) is 16.2 Å². The molecular formula is C16H16N4O8S2. The van der Waals surface area contributed by atoms with Crippen molar-refractivity contribution in [2.24, 2.45) is 0 Å². The normalized spacial score (nSPS) is 20.9. The predicted octanol–water partition coefficient (Wildman–Crippen LogP) is 0.493. The first-order valence-electron chi connectivity index (χ1n) is 8.29. The lowest BCUT2D eigenvalue weighted by atomic mass is 10.0. The molecule has 0 bridgehead atoms. The van der Waals surface area contributed by atoms with Crippen LogP contribution < -0.4 is 11.1 Å². The van der Waals surface area contributed by atoms with Gasteiger partial charge in [0.25, 0.3) is 11.8 Å². The molecule has 0 aliphatic carbocycles. The molecule has 2 amide bonds. The molecule has 1 aromatic heterocycles. The van der Waals surface area contributed by atoms with Crippen LogP contribution in [0.25, 0.3) is 5.57 Å². The van der Waals surface area contributed by atoms with E-state index in [-0.39, 0.29) is 33.8 Å². The average Bonchev–Trinajstić information content (AvgIpc) is 3.10. The monoisotopic (exact) mass is 456 g/mol. The second-order valence-corrected chi connectivity index (χ2v) is 7.94. The van der Waals surface area contributed by atoms with E-state index in [9.17, 15) is 19.2 Å². The van der Waals surface area contributed by atoms with Gasteiger partial charge in [-0.1, -0.05) is 6.08 Å². The molecule has 12 nitrogen and oxygen atoms in total. The number of carbonyl (C=O) groups excluding carboxylic acids is 2. The summed E-state index contributed by atoms with van der Waals surface area (Å²) < 4.78 is 9.77. The molecule has 3 heterocycles. The number of thiazole rings is 1. The van der Waals surface area contributed by atoms with Crippen molar-refractivity contribution in [1.29, 1.82) is 0 Å². The highest BCUT2D eigenvalue weighted by atomic mass is 32.2. The van der Waals surface area contributed by atoms with Crippen LogP contribution in [0, 0.1) is 0 Å². The quantitative estimate of drug-likeness (QED) is 0.255. The minimum absolute atomic E-state index is 0.0347. The number of carboxylic acid groups (broad SMARTS) is 2. The molecule has 0 saturated carbocycles. The van der Waals surface area contributed by atoms with Gasteiger partial charge in [-0.25, -0.2) is 9.78 Å². The van der Waals surface area contributed by atoms with Gasteiger partial charge in [-0.15, -0.1) is 23.1 Å². The number of nitrogens with two attached hydrogens (primary N) is 1. The van der Waals surface area contributed by atoms with Crippen LogP contribution in [0.2, 0.25) is 0 Å². The number of aliphatic carboxylic acids is 1. The van der Waals surface area contributed by atoms with Crippen molar-refractivity contribution in [2.45, 2.75) is 17.8 Å². The summed E-state index contributed by atoms with van der Waals surface area (Å²) in [5.74, 6) is -2.28. The van der Waals surface area contributed by atoms with E-state index >= 15 is 0 Å². The number of hydrogen-bond acceptors (Lipinski definition) is 10. The largest absolute Gasteiger partial charge is 0.512 e. The summed E-state index contributed by atoms with van der Waals surface area (Å²) in [6.07, 6.45) is -0.853. The number of aromatic nitrogens is 1. The lowest BCUT2D eigenvalue weighted by Crippen LogP contribution is -2.70. The fraction of sp³-hybridized carbons (Fsp3) is 0.312. The third-order valence-corrected chi connectivity index (χ3v) is 6.05. The second kappa shape index (κ2) is 8.62. The van der Waals surface area contributed by atoms with E-state index in [2.05, 4.69) is 15.0 Å². The van der Waals surface area contributed by atoms with Crippen LogP contribution in [-0.4, -0.2) is 68.3 Å². The van der Waals surface area contributed by atoms with Gasteiger partial charge in [-0.05, 0) is 0 Å². The summed E-state index contributed by atoms with van der Waals surface area (Å²) in [6, 6.07) is -0.975. The number of hydrogen-bond donors (Lipinski definition) is 4. The van der Waals surface area contributed by atoms with Crippen molar-refractivity contribution in [3.8, 4) is 0 Å². The highest BCUT2D eigenvalue weighted by molar-refractivity contribution is 8.00. The number of carbonyl (C=O) groups is 4. The Morgan fingerprint density at radius 2 is 2.17 bits per heavy atom. The fourth-order valence-electron chi connectivity index (χ4n) is 2.81. The van der Waals surface area contributed by atoms with Crippen molar-refractivity contribution < 1.29 is 38.9 Å². The molecule has 2 aliphatic rings. The first-order valence-corrected chi connectivity index (χ1v) is 10.2. The fourth-order valence-corrected chi connectivity index (χ4v) is 4.66. The zero-order valence-corrected chi connectivity index (χ0v) is 17.0. The number of nitrogen functional groups attached to an aromatic ring is 1. The van der Waals surface area contributed by atoms with E-state index in [4.69, 9.17) is 20.7 Å². The number of ether oxygens (including phenoxy) is 2. The van der Waals surface area contributed by atoms with E-state index < -0.39 is 41.8 Å². The van der Waals surface area contributed by atoms with Crippen molar-refractivity contribution in [3.63, 3.8) is 0 Å². The van der Waals surface area contributed by atoms with Crippen molar-refractivity contribution in [3.05, 3.63) is 28.8 Å². The third-order valence-electron chi connectivity index (χ3n) is 4.13. The summed E-state index contributed by atoms with van der Waals surface area (Å²) in [5, 5.41) is 21.5. The zero-order chi connectivity index (χ0) is 22.0. The Morgan fingerprint density at radius 3 is 2.73 bits per heavy atom. The lowest BCUT2D eigenvalue weighted by Gasteiger charge is -2.48. The number of nitrogens with one attached hydrogen (secondary N) is 1. The molecule has 0 spiro atoms. The first kappa shape index (κ1) is 21.4. The number of amides is 2. The van der Waals surface area contributed by atoms with Crippen LogP contribution in [-0.2, 0) is 23.9 Å². The molecule has 1 aromatic rings. The number of anilines is 1. The van der Waals surface area contributed by atoms with E-state index in [1.54, 1.807) is 0 Å². The lowest BCUT2D eigenvalue weighted by molar-refractivity contribution is -0.148. The molecule has 3 rings (SSSR count). The van der Waals surface area contributed by atoms with Gasteiger partial charge >= 0.3 is 12.1 Å². The Kier molecular flexibility index (Phi) is 6.17. The van der Waals surface area contributed by atoms with E-state index in [0.29, 0.717) is 0 Å². The number of fused-ring (bicyclic) bond motifs is 1. The summed E-state index contributed by atoms with van der Waals surface area (Å²) in [6.45, 7) is 0. The highest BCUT2D eigenvalue weighted by Crippen LogP contribution is 2.41. The van der Waals surface area contributed by atoms with Crippen LogP contribution in [0.5, 0.6) is 0 Å². The highest BCUT2D eigenvalue weighted by Gasteiger charge is 2.54. The number of carboxylic acids is 1. The van der Waals surface area contributed by atoms with Crippen molar-refractivity contribution in [1.82, 2.24) is 15.2 Å². The summed E-state index contributed by atoms with van der Waals surface area (Å²) in [7, 11) is 1.32. The van der Waals surface area contributed by atoms with Crippen LogP contribution in [0.3, 0.4) is 0 Å². The number of rotatable bonds is 7. The van der Waals surface area contributed by atoms with Gasteiger partial charge in [0.05, 0.1) is 30.6 Å². The van der Waals surface area contributed by atoms with Crippen molar-refractivity contribution in [2.75, 3.05) is 18.6 Å². The molecule has 2 aliphatic heterocycles. The van der Waals surface area contributed by atoms with Gasteiger partial charge in [0, 0.05) is 5.38 Å². The number of nitrogens with zero attached hydrogens (tertiary/aromatic N) is 2. The SMILES string of the molecule is COC1=C(OC(=O)O)N2C(=O)[C@@H](NC(=O)C(=CCC(=O)O)c3csc(N)n3)[C@@H]2SC1. The second-order valence-electron chi connectivity index (χ2n) is 5.95. The molecule has 0 unspecified atom stereocenters. The van der Waals surface area contributed by atoms with E-state index in [1.807, 2.05) is 0 Å². The van der Waals surface area contributed by atoms with Crippen LogP contribution >= 0.6 is 23.1 Å². The van der Waals surface area contributed by atoms with E-state index in [1.165, 1.54) is 30.3 Å². The molecule has 0 radical (unpaired) electrons. The smallest absolute Gasteiger partial charge is 0.495 e. The Balaban J connectivity index is 1.79. The number of thioether (sulfide) groups is 1. The van der Waals surface area contributed by atoms with Gasteiger partial charge in [-0.3, -0.25) is 19.3 Å². The Labute approximate surface area is 177 Å². The summed E-state index contributed by atoms with van der Waals surface area (Å²) in [5.41, 5.74) is 5.74. The third kappa shape index (κ3) is 4.18. The standard InChI is InChI=1S/C16H16N4O8S2/c1-27-8-5-29-14-10(12(24)20(14)13(8)28-16(25)26)19-11(23)6(2-3-9(21)22)7-4-30-15(17)18-7/h2,4,10,14H,3,5H2,1H3,(H2,17,18)(H,19,23)(H,21,22)(H,25,26)/t10-,14+/m1/s1. The maximum absolute atomic E-state index is 12.8. The zero-order valence-electron chi connectivity index (χ0n) is 15.4. The van der Waals surface area contributed by atoms with Crippen molar-refractivity contribution >= 4 is 57.7 Å². The first-order chi connectivity index (χ1) is 14.2. The molecule has 1 saturated heterocycles. The van der Waals surface area contributed by atoms with Gasteiger partial charge in [0.2, 0.25) is 5.88 Å². The summed E-state index contributed by atoms with van der Waals surface area (Å²) >= 11 is 2.33. The number of β-lactam (4-membered cyclic amide) rings is 1. The molecule has 30 heavy (non-hydrogen) atoms. The molecule has 2 atom stereocenters. The molecule has 5 N–H and O–H groups in total. The van der Waals surface area contributed by atoms with Gasteiger partial charge in [-0.2, -0.15) is 0 Å². The van der Waals surface area contributed by atoms with Crippen LogP contribution in [0.1, 0.15) is 12.1 Å². The van der Waals surface area contributed by atoms with Gasteiger partial charge in [0.1, 0.15) is 11.4 Å². The molecule has 0 aromatic carbocycles.